The summed E-state index contributed by atoms with van der Waals surface area (Å²) in [5.74, 6) is -0.381. The van der Waals surface area contributed by atoms with Gasteiger partial charge in [0.05, 0.1) is 5.02 Å². The average molecular weight is 429 g/mol. The molecule has 0 bridgehead atoms. The molecule has 29 heavy (non-hydrogen) atoms. The lowest BCUT2D eigenvalue weighted by Gasteiger charge is -2.12. The summed E-state index contributed by atoms with van der Waals surface area (Å²) in [5.41, 5.74) is 3.73. The number of aryl methyl sites for hydroxylation is 2. The Morgan fingerprint density at radius 1 is 0.897 bits per heavy atom. The van der Waals surface area contributed by atoms with Gasteiger partial charge in [0.25, 0.3) is 15.9 Å². The molecule has 5 nitrogen and oxygen atoms in total. The van der Waals surface area contributed by atoms with E-state index in [9.17, 15) is 13.2 Å². The molecule has 3 aromatic carbocycles. The fourth-order valence-electron chi connectivity index (χ4n) is 2.67. The fraction of sp³-hybridized carbons (Fsp3) is 0.136. The van der Waals surface area contributed by atoms with Crippen LogP contribution in [0.4, 0.5) is 5.69 Å². The van der Waals surface area contributed by atoms with E-state index < -0.39 is 10.0 Å². The molecule has 0 fully saturated rings. The molecule has 0 unspecified atom stereocenters. The Balaban J connectivity index is 1.78. The van der Waals surface area contributed by atoms with Crippen LogP contribution in [-0.2, 0) is 16.6 Å². The zero-order chi connectivity index (χ0) is 21.0. The molecule has 3 rings (SSSR count). The van der Waals surface area contributed by atoms with E-state index >= 15 is 0 Å². The van der Waals surface area contributed by atoms with Crippen LogP contribution in [0, 0.1) is 13.8 Å². The SMILES string of the molecule is Cc1ccc(CNC(=O)c2ccc(Cl)c(S(=O)(=O)Nc3ccc(C)cc3)c2)cc1. The zero-order valence-corrected chi connectivity index (χ0v) is 17.6. The minimum absolute atomic E-state index is 0.0414. The Morgan fingerprint density at radius 2 is 1.48 bits per heavy atom. The van der Waals surface area contributed by atoms with Gasteiger partial charge in [-0.1, -0.05) is 59.1 Å². The summed E-state index contributed by atoms with van der Waals surface area (Å²) in [6.45, 7) is 4.24. The first-order chi connectivity index (χ1) is 13.7. The number of halogens is 1. The molecule has 0 heterocycles. The molecule has 0 saturated carbocycles. The van der Waals surface area contributed by atoms with Crippen molar-refractivity contribution in [1.82, 2.24) is 5.32 Å². The predicted molar refractivity (Wildman–Crippen MR) is 116 cm³/mol. The van der Waals surface area contributed by atoms with E-state index in [4.69, 9.17) is 11.6 Å². The van der Waals surface area contributed by atoms with Crippen LogP contribution in [0.3, 0.4) is 0 Å². The molecule has 0 aliphatic heterocycles. The Kier molecular flexibility index (Phi) is 6.25. The highest BCUT2D eigenvalue weighted by molar-refractivity contribution is 7.92. The summed E-state index contributed by atoms with van der Waals surface area (Å²) in [6, 6.07) is 18.9. The number of hydrogen-bond donors (Lipinski definition) is 2. The summed E-state index contributed by atoms with van der Waals surface area (Å²) >= 11 is 6.11. The number of rotatable bonds is 6. The Morgan fingerprint density at radius 3 is 2.10 bits per heavy atom. The van der Waals surface area contributed by atoms with Crippen LogP contribution >= 0.6 is 11.6 Å². The first-order valence-electron chi connectivity index (χ1n) is 8.97. The number of hydrogen-bond acceptors (Lipinski definition) is 3. The highest BCUT2D eigenvalue weighted by Gasteiger charge is 2.20. The van der Waals surface area contributed by atoms with Gasteiger partial charge in [0.2, 0.25) is 0 Å². The van der Waals surface area contributed by atoms with Gasteiger partial charge in [-0.3, -0.25) is 9.52 Å². The van der Waals surface area contributed by atoms with Crippen LogP contribution in [0.1, 0.15) is 27.0 Å². The molecule has 2 N–H and O–H groups in total. The normalized spacial score (nSPS) is 11.1. The molecular formula is C22H21ClN2O3S. The predicted octanol–water partition coefficient (Wildman–Crippen LogP) is 4.69. The summed E-state index contributed by atoms with van der Waals surface area (Å²) in [7, 11) is -3.95. The van der Waals surface area contributed by atoms with Crippen LogP contribution in [0.25, 0.3) is 0 Å². The van der Waals surface area contributed by atoms with Gasteiger partial charge >= 0.3 is 0 Å². The van der Waals surface area contributed by atoms with E-state index in [1.807, 2.05) is 38.1 Å². The van der Waals surface area contributed by atoms with E-state index in [1.165, 1.54) is 18.2 Å². The number of nitrogens with one attached hydrogen (secondary N) is 2. The van der Waals surface area contributed by atoms with Gasteiger partial charge in [-0.05, 0) is 49.7 Å². The molecule has 0 spiro atoms. The third-order valence-corrected chi connectivity index (χ3v) is 6.22. The monoisotopic (exact) mass is 428 g/mol. The third kappa shape index (κ3) is 5.37. The van der Waals surface area contributed by atoms with Gasteiger partial charge in [-0.15, -0.1) is 0 Å². The van der Waals surface area contributed by atoms with Gasteiger partial charge in [0, 0.05) is 17.8 Å². The maximum Gasteiger partial charge on any atom is 0.263 e. The molecule has 0 saturated heterocycles. The molecule has 150 valence electrons. The van der Waals surface area contributed by atoms with Crippen molar-refractivity contribution < 1.29 is 13.2 Å². The second-order valence-electron chi connectivity index (χ2n) is 6.79. The Labute approximate surface area is 175 Å². The van der Waals surface area contributed by atoms with Crippen LogP contribution < -0.4 is 10.0 Å². The van der Waals surface area contributed by atoms with Crippen LogP contribution in [0.5, 0.6) is 0 Å². The highest BCUT2D eigenvalue weighted by atomic mass is 35.5. The van der Waals surface area contributed by atoms with E-state index in [-0.39, 0.29) is 21.4 Å². The molecule has 0 atom stereocenters. The zero-order valence-electron chi connectivity index (χ0n) is 16.1. The second kappa shape index (κ2) is 8.68. The molecule has 0 radical (unpaired) electrons. The van der Waals surface area contributed by atoms with E-state index in [0.717, 1.165) is 16.7 Å². The van der Waals surface area contributed by atoms with Crippen LogP contribution in [0.15, 0.2) is 71.6 Å². The van der Waals surface area contributed by atoms with E-state index in [1.54, 1.807) is 24.3 Å². The molecule has 3 aromatic rings. The minimum atomic E-state index is -3.95. The molecule has 0 aliphatic rings. The first-order valence-corrected chi connectivity index (χ1v) is 10.8. The molecular weight excluding hydrogens is 408 g/mol. The second-order valence-corrected chi connectivity index (χ2v) is 8.84. The molecule has 1 amide bonds. The van der Waals surface area contributed by atoms with Crippen molar-refractivity contribution in [1.29, 1.82) is 0 Å². The maximum absolute atomic E-state index is 12.8. The van der Waals surface area contributed by atoms with Crippen molar-refractivity contribution in [3.63, 3.8) is 0 Å². The average Bonchev–Trinajstić information content (AvgIpc) is 2.69. The Hall–Kier alpha value is -2.83. The number of anilines is 1. The summed E-state index contributed by atoms with van der Waals surface area (Å²) < 4.78 is 28.0. The van der Waals surface area contributed by atoms with Crippen molar-refractivity contribution in [3.8, 4) is 0 Å². The van der Waals surface area contributed by atoms with Gasteiger partial charge < -0.3 is 5.32 Å². The lowest BCUT2D eigenvalue weighted by Crippen LogP contribution is -2.23. The molecule has 0 aromatic heterocycles. The van der Waals surface area contributed by atoms with Crippen molar-refractivity contribution in [2.75, 3.05) is 4.72 Å². The molecule has 0 aliphatic carbocycles. The van der Waals surface area contributed by atoms with Gasteiger partial charge in [0.15, 0.2) is 0 Å². The standard InChI is InChI=1S/C22H21ClN2O3S/c1-15-3-7-17(8-4-15)14-24-22(26)18-9-12-20(23)21(13-18)29(27,28)25-19-10-5-16(2)6-11-19/h3-13,25H,14H2,1-2H3,(H,24,26). The first kappa shape index (κ1) is 20.9. The number of sulfonamides is 1. The van der Waals surface area contributed by atoms with E-state index in [0.29, 0.717) is 12.2 Å². The third-order valence-electron chi connectivity index (χ3n) is 4.36. The lowest BCUT2D eigenvalue weighted by atomic mass is 10.1. The summed E-state index contributed by atoms with van der Waals surface area (Å²) in [4.78, 5) is 12.4. The topological polar surface area (TPSA) is 75.3 Å². The van der Waals surface area contributed by atoms with E-state index in [2.05, 4.69) is 10.0 Å². The van der Waals surface area contributed by atoms with Gasteiger partial charge in [-0.25, -0.2) is 8.42 Å². The van der Waals surface area contributed by atoms with Crippen molar-refractivity contribution in [3.05, 3.63) is 94.0 Å². The number of benzene rings is 3. The van der Waals surface area contributed by atoms with Gasteiger partial charge in [0.1, 0.15) is 4.90 Å². The lowest BCUT2D eigenvalue weighted by molar-refractivity contribution is 0.0950. The smallest absolute Gasteiger partial charge is 0.263 e. The van der Waals surface area contributed by atoms with Crippen molar-refractivity contribution in [2.24, 2.45) is 0 Å². The van der Waals surface area contributed by atoms with Crippen LogP contribution in [-0.4, -0.2) is 14.3 Å². The van der Waals surface area contributed by atoms with Gasteiger partial charge in [-0.2, -0.15) is 0 Å². The maximum atomic E-state index is 12.8. The summed E-state index contributed by atoms with van der Waals surface area (Å²) in [5, 5.41) is 2.83. The number of carbonyl (C=O) groups excluding carboxylic acids is 1. The van der Waals surface area contributed by atoms with Crippen molar-refractivity contribution >= 4 is 33.2 Å². The van der Waals surface area contributed by atoms with Crippen LogP contribution in [0.2, 0.25) is 5.02 Å². The van der Waals surface area contributed by atoms with Crippen molar-refractivity contribution in [2.45, 2.75) is 25.3 Å². The fourth-order valence-corrected chi connectivity index (χ4v) is 4.26. The Bertz CT molecular complexity index is 1130. The largest absolute Gasteiger partial charge is 0.348 e. The minimum Gasteiger partial charge on any atom is -0.348 e. The highest BCUT2D eigenvalue weighted by Crippen LogP contribution is 2.25. The number of carbonyl (C=O) groups is 1. The summed E-state index contributed by atoms with van der Waals surface area (Å²) in [6.07, 6.45) is 0. The molecule has 7 heteroatoms. The number of amides is 1. The quantitative estimate of drug-likeness (QED) is 0.598.